The smallest absolute Gasteiger partial charge is 0.0696 e. The van der Waals surface area contributed by atoms with Gasteiger partial charge in [-0.15, -0.1) is 0 Å². The molecule has 0 aromatic heterocycles. The second kappa shape index (κ2) is 5.27. The molecule has 2 N–H and O–H groups in total. The molecule has 2 atom stereocenters. The normalized spacial score (nSPS) is 40.2. The summed E-state index contributed by atoms with van der Waals surface area (Å²) in [7, 11) is 0. The standard InChI is InChI=1S/C15H29NO/c1-15(2,3)12-8-6-11(7-9-12)14-13(17)5-4-10-16-14/h11-14,16-17H,4-10H2,1-3H3. The molecule has 2 unspecified atom stereocenters. The first-order chi connectivity index (χ1) is 7.98. The zero-order valence-electron chi connectivity index (χ0n) is 11.7. The molecule has 2 aliphatic rings. The number of aliphatic hydroxyl groups excluding tert-OH is 1. The van der Waals surface area contributed by atoms with Crippen LogP contribution in [0.15, 0.2) is 0 Å². The molecule has 2 fully saturated rings. The van der Waals surface area contributed by atoms with Crippen molar-refractivity contribution in [1.82, 2.24) is 5.32 Å². The van der Waals surface area contributed by atoms with E-state index in [9.17, 15) is 5.11 Å². The minimum absolute atomic E-state index is 0.0973. The van der Waals surface area contributed by atoms with Crippen LogP contribution in [-0.2, 0) is 0 Å². The summed E-state index contributed by atoms with van der Waals surface area (Å²) in [4.78, 5) is 0. The number of hydrogen-bond donors (Lipinski definition) is 2. The van der Waals surface area contributed by atoms with E-state index in [1.807, 2.05) is 0 Å². The predicted molar refractivity (Wildman–Crippen MR) is 71.9 cm³/mol. The Morgan fingerprint density at radius 2 is 1.65 bits per heavy atom. The molecular formula is C15H29NO. The zero-order valence-corrected chi connectivity index (χ0v) is 11.7. The fraction of sp³-hybridized carbons (Fsp3) is 1.00. The number of nitrogens with one attached hydrogen (secondary N) is 1. The molecule has 2 rings (SSSR count). The highest BCUT2D eigenvalue weighted by Crippen LogP contribution is 2.41. The molecule has 2 nitrogen and oxygen atoms in total. The zero-order chi connectivity index (χ0) is 12.5. The van der Waals surface area contributed by atoms with Gasteiger partial charge in [0, 0.05) is 6.04 Å². The van der Waals surface area contributed by atoms with E-state index >= 15 is 0 Å². The van der Waals surface area contributed by atoms with Crippen LogP contribution in [0.5, 0.6) is 0 Å². The Kier molecular flexibility index (Phi) is 4.14. The predicted octanol–water partition coefficient (Wildman–Crippen LogP) is 2.95. The van der Waals surface area contributed by atoms with Gasteiger partial charge in [0.2, 0.25) is 0 Å². The molecule has 1 saturated heterocycles. The van der Waals surface area contributed by atoms with Gasteiger partial charge in [0.25, 0.3) is 0 Å². The first-order valence-corrected chi connectivity index (χ1v) is 7.40. The molecule has 1 heterocycles. The van der Waals surface area contributed by atoms with E-state index in [4.69, 9.17) is 0 Å². The molecular weight excluding hydrogens is 210 g/mol. The van der Waals surface area contributed by atoms with E-state index in [1.54, 1.807) is 0 Å². The Bertz CT molecular complexity index is 238. The summed E-state index contributed by atoms with van der Waals surface area (Å²) in [6.45, 7) is 8.20. The van der Waals surface area contributed by atoms with E-state index in [2.05, 4.69) is 26.1 Å². The molecule has 2 heteroatoms. The summed E-state index contributed by atoms with van der Waals surface area (Å²) in [6.07, 6.45) is 7.33. The van der Waals surface area contributed by atoms with Crippen LogP contribution in [0.25, 0.3) is 0 Å². The molecule has 0 radical (unpaired) electrons. The van der Waals surface area contributed by atoms with Crippen LogP contribution in [0.2, 0.25) is 0 Å². The second-order valence-corrected chi connectivity index (χ2v) is 7.17. The number of piperidine rings is 1. The maximum absolute atomic E-state index is 10.1. The third kappa shape index (κ3) is 3.23. The van der Waals surface area contributed by atoms with Gasteiger partial charge in [-0.2, -0.15) is 0 Å². The maximum atomic E-state index is 10.1. The summed E-state index contributed by atoms with van der Waals surface area (Å²) in [5.74, 6) is 1.59. The minimum Gasteiger partial charge on any atom is -0.391 e. The van der Waals surface area contributed by atoms with Crippen molar-refractivity contribution in [3.05, 3.63) is 0 Å². The summed E-state index contributed by atoms with van der Waals surface area (Å²) in [5.41, 5.74) is 0.462. The Morgan fingerprint density at radius 3 is 2.18 bits per heavy atom. The highest BCUT2D eigenvalue weighted by molar-refractivity contribution is 4.90. The van der Waals surface area contributed by atoms with Gasteiger partial charge in [0.1, 0.15) is 0 Å². The lowest BCUT2D eigenvalue weighted by Gasteiger charge is -2.42. The molecule has 1 saturated carbocycles. The molecule has 0 amide bonds. The lowest BCUT2D eigenvalue weighted by molar-refractivity contribution is 0.0417. The summed E-state index contributed by atoms with van der Waals surface area (Å²) in [5, 5.41) is 13.6. The Morgan fingerprint density at radius 1 is 1.00 bits per heavy atom. The largest absolute Gasteiger partial charge is 0.391 e. The van der Waals surface area contributed by atoms with E-state index in [0.717, 1.165) is 25.3 Å². The van der Waals surface area contributed by atoms with Gasteiger partial charge in [-0.05, 0) is 62.3 Å². The van der Waals surface area contributed by atoms with Gasteiger partial charge in [-0.1, -0.05) is 20.8 Å². The van der Waals surface area contributed by atoms with Crippen molar-refractivity contribution >= 4 is 0 Å². The van der Waals surface area contributed by atoms with Crippen LogP contribution in [0.3, 0.4) is 0 Å². The van der Waals surface area contributed by atoms with Gasteiger partial charge in [-0.25, -0.2) is 0 Å². The van der Waals surface area contributed by atoms with Gasteiger partial charge >= 0.3 is 0 Å². The fourth-order valence-corrected chi connectivity index (χ4v) is 3.72. The monoisotopic (exact) mass is 239 g/mol. The highest BCUT2D eigenvalue weighted by Gasteiger charge is 2.35. The third-order valence-electron chi connectivity index (χ3n) is 4.98. The Balaban J connectivity index is 1.86. The van der Waals surface area contributed by atoms with Gasteiger partial charge in [-0.3, -0.25) is 0 Å². The SMILES string of the molecule is CC(C)(C)C1CCC(C2NCCCC2O)CC1. The fourth-order valence-electron chi connectivity index (χ4n) is 3.72. The first kappa shape index (κ1) is 13.4. The molecule has 1 aliphatic heterocycles. The summed E-state index contributed by atoms with van der Waals surface area (Å²) < 4.78 is 0. The molecule has 0 aromatic carbocycles. The van der Waals surface area contributed by atoms with Crippen LogP contribution in [0.4, 0.5) is 0 Å². The Labute approximate surface area is 106 Å². The molecule has 0 spiro atoms. The van der Waals surface area contributed by atoms with Crippen LogP contribution >= 0.6 is 0 Å². The van der Waals surface area contributed by atoms with Gasteiger partial charge < -0.3 is 10.4 Å². The molecule has 1 aliphatic carbocycles. The van der Waals surface area contributed by atoms with E-state index in [0.29, 0.717) is 17.4 Å². The van der Waals surface area contributed by atoms with Crippen molar-refractivity contribution in [3.8, 4) is 0 Å². The maximum Gasteiger partial charge on any atom is 0.0696 e. The van der Waals surface area contributed by atoms with E-state index in [1.165, 1.54) is 25.7 Å². The molecule has 0 aromatic rings. The third-order valence-corrected chi connectivity index (χ3v) is 4.98. The quantitative estimate of drug-likeness (QED) is 0.737. The van der Waals surface area contributed by atoms with Crippen molar-refractivity contribution < 1.29 is 5.11 Å². The van der Waals surface area contributed by atoms with Crippen molar-refractivity contribution in [2.24, 2.45) is 17.3 Å². The molecule has 0 bridgehead atoms. The topological polar surface area (TPSA) is 32.3 Å². The lowest BCUT2D eigenvalue weighted by Crippen LogP contribution is -2.50. The molecule has 100 valence electrons. The van der Waals surface area contributed by atoms with E-state index in [-0.39, 0.29) is 6.10 Å². The van der Waals surface area contributed by atoms with Gasteiger partial charge in [0.05, 0.1) is 6.10 Å². The average molecular weight is 239 g/mol. The molecule has 17 heavy (non-hydrogen) atoms. The highest BCUT2D eigenvalue weighted by atomic mass is 16.3. The van der Waals surface area contributed by atoms with Crippen molar-refractivity contribution in [1.29, 1.82) is 0 Å². The van der Waals surface area contributed by atoms with Crippen LogP contribution < -0.4 is 5.32 Å². The summed E-state index contributed by atoms with van der Waals surface area (Å²) >= 11 is 0. The van der Waals surface area contributed by atoms with Crippen molar-refractivity contribution in [3.63, 3.8) is 0 Å². The van der Waals surface area contributed by atoms with Crippen LogP contribution in [0, 0.1) is 17.3 Å². The average Bonchev–Trinajstić information content (AvgIpc) is 2.29. The minimum atomic E-state index is -0.0973. The Hall–Kier alpha value is -0.0800. The van der Waals surface area contributed by atoms with Crippen LogP contribution in [-0.4, -0.2) is 23.8 Å². The van der Waals surface area contributed by atoms with Crippen molar-refractivity contribution in [2.75, 3.05) is 6.54 Å². The number of aliphatic hydroxyl groups is 1. The first-order valence-electron chi connectivity index (χ1n) is 7.40. The number of rotatable bonds is 1. The second-order valence-electron chi connectivity index (χ2n) is 7.17. The van der Waals surface area contributed by atoms with Gasteiger partial charge in [0.15, 0.2) is 0 Å². The van der Waals surface area contributed by atoms with Crippen LogP contribution in [0.1, 0.15) is 59.3 Å². The van der Waals surface area contributed by atoms with E-state index < -0.39 is 0 Å². The summed E-state index contributed by atoms with van der Waals surface area (Å²) in [6, 6.07) is 0.379. The lowest BCUT2D eigenvalue weighted by atomic mass is 9.67. The number of hydrogen-bond acceptors (Lipinski definition) is 2. The van der Waals surface area contributed by atoms with Crippen molar-refractivity contribution in [2.45, 2.75) is 71.4 Å².